The second-order valence-corrected chi connectivity index (χ2v) is 5.84. The van der Waals surface area contributed by atoms with Crippen molar-refractivity contribution in [1.82, 2.24) is 9.97 Å². The van der Waals surface area contributed by atoms with Gasteiger partial charge in [-0.25, -0.2) is 4.98 Å². The van der Waals surface area contributed by atoms with E-state index in [1.165, 1.54) is 0 Å². The van der Waals surface area contributed by atoms with Gasteiger partial charge in [-0.05, 0) is 26.2 Å². The molecular formula is C15H24N4O2. The van der Waals surface area contributed by atoms with E-state index >= 15 is 0 Å². The molecule has 1 N–H and O–H groups in total. The molecule has 1 aromatic rings. The number of aliphatic hydroxyl groups is 1. The van der Waals surface area contributed by atoms with Gasteiger partial charge in [-0.15, -0.1) is 0 Å². The van der Waals surface area contributed by atoms with Crippen molar-refractivity contribution in [3.63, 3.8) is 0 Å². The molecule has 0 unspecified atom stereocenters. The van der Waals surface area contributed by atoms with E-state index in [-0.39, 0.29) is 6.10 Å². The van der Waals surface area contributed by atoms with Crippen molar-refractivity contribution >= 4 is 11.8 Å². The van der Waals surface area contributed by atoms with Gasteiger partial charge >= 0.3 is 0 Å². The average molecular weight is 292 g/mol. The maximum atomic E-state index is 9.79. The first-order valence-electron chi connectivity index (χ1n) is 7.84. The fraction of sp³-hybridized carbons (Fsp3) is 0.733. The fourth-order valence-electron chi connectivity index (χ4n) is 2.91. The Balaban J connectivity index is 1.79. The van der Waals surface area contributed by atoms with Crippen LogP contribution >= 0.6 is 0 Å². The van der Waals surface area contributed by atoms with E-state index in [0.29, 0.717) is 0 Å². The third-order valence-corrected chi connectivity index (χ3v) is 4.14. The number of aryl methyl sites for hydroxylation is 1. The van der Waals surface area contributed by atoms with Crippen LogP contribution in [-0.4, -0.2) is 60.6 Å². The Kier molecular flexibility index (Phi) is 4.55. The van der Waals surface area contributed by atoms with Gasteiger partial charge in [0.1, 0.15) is 5.82 Å². The van der Waals surface area contributed by atoms with Crippen LogP contribution in [0.1, 0.15) is 25.0 Å². The van der Waals surface area contributed by atoms with E-state index in [4.69, 9.17) is 9.72 Å². The molecule has 6 heteroatoms. The summed E-state index contributed by atoms with van der Waals surface area (Å²) in [5.74, 6) is 1.79. The normalized spacial score (nSPS) is 24.0. The molecule has 1 aromatic heterocycles. The van der Waals surface area contributed by atoms with Crippen LogP contribution in [0, 0.1) is 6.92 Å². The van der Waals surface area contributed by atoms with Crippen LogP contribution in [0.3, 0.4) is 0 Å². The first kappa shape index (κ1) is 14.5. The zero-order valence-electron chi connectivity index (χ0n) is 12.7. The Labute approximate surface area is 125 Å². The zero-order valence-corrected chi connectivity index (χ0v) is 12.7. The first-order valence-corrected chi connectivity index (χ1v) is 7.84. The minimum Gasteiger partial charge on any atom is -0.393 e. The summed E-state index contributed by atoms with van der Waals surface area (Å²) in [6.07, 6.45) is 2.54. The number of aliphatic hydroxyl groups excluding tert-OH is 1. The summed E-state index contributed by atoms with van der Waals surface area (Å²) < 4.78 is 5.39. The van der Waals surface area contributed by atoms with E-state index in [9.17, 15) is 5.11 Å². The topological polar surface area (TPSA) is 61.7 Å². The molecule has 21 heavy (non-hydrogen) atoms. The van der Waals surface area contributed by atoms with E-state index in [1.807, 2.05) is 13.0 Å². The first-order chi connectivity index (χ1) is 10.2. The van der Waals surface area contributed by atoms with Gasteiger partial charge in [0.2, 0.25) is 5.95 Å². The number of ether oxygens (including phenoxy) is 1. The Morgan fingerprint density at radius 1 is 1.10 bits per heavy atom. The highest BCUT2D eigenvalue weighted by Gasteiger charge is 2.19. The highest BCUT2D eigenvalue weighted by molar-refractivity contribution is 5.46. The van der Waals surface area contributed by atoms with Crippen molar-refractivity contribution in [2.75, 3.05) is 49.2 Å². The van der Waals surface area contributed by atoms with Gasteiger partial charge in [0.15, 0.2) is 0 Å². The summed E-state index contributed by atoms with van der Waals surface area (Å²) >= 11 is 0. The second kappa shape index (κ2) is 6.58. The van der Waals surface area contributed by atoms with Crippen molar-refractivity contribution in [1.29, 1.82) is 0 Å². The summed E-state index contributed by atoms with van der Waals surface area (Å²) in [6, 6.07) is 2.04. The molecule has 0 aliphatic carbocycles. The monoisotopic (exact) mass is 292 g/mol. The van der Waals surface area contributed by atoms with Gasteiger partial charge in [-0.3, -0.25) is 0 Å². The minimum absolute atomic E-state index is 0.170. The van der Waals surface area contributed by atoms with Crippen molar-refractivity contribution in [3.05, 3.63) is 11.8 Å². The smallest absolute Gasteiger partial charge is 0.227 e. The number of morpholine rings is 1. The van der Waals surface area contributed by atoms with Crippen LogP contribution in [0.15, 0.2) is 6.07 Å². The van der Waals surface area contributed by atoms with Crippen LogP contribution in [-0.2, 0) is 4.74 Å². The minimum atomic E-state index is -0.170. The van der Waals surface area contributed by atoms with E-state index in [1.54, 1.807) is 0 Å². The van der Waals surface area contributed by atoms with Gasteiger partial charge in [0.05, 0.1) is 19.3 Å². The molecule has 0 saturated carbocycles. The largest absolute Gasteiger partial charge is 0.393 e. The number of hydrogen-bond acceptors (Lipinski definition) is 6. The predicted octanol–water partition coefficient (Wildman–Crippen LogP) is 0.973. The summed E-state index contributed by atoms with van der Waals surface area (Å²) in [5, 5.41) is 9.79. The van der Waals surface area contributed by atoms with Crippen molar-refractivity contribution < 1.29 is 9.84 Å². The molecule has 0 spiro atoms. The van der Waals surface area contributed by atoms with Gasteiger partial charge in [-0.1, -0.05) is 0 Å². The van der Waals surface area contributed by atoms with Crippen LogP contribution in [0.5, 0.6) is 0 Å². The van der Waals surface area contributed by atoms with Gasteiger partial charge < -0.3 is 19.6 Å². The molecule has 0 radical (unpaired) electrons. The molecule has 6 nitrogen and oxygen atoms in total. The lowest BCUT2D eigenvalue weighted by molar-refractivity contribution is 0.122. The van der Waals surface area contributed by atoms with Crippen LogP contribution in [0.25, 0.3) is 0 Å². The lowest BCUT2D eigenvalue weighted by Gasteiger charge is -2.29. The Bertz CT molecular complexity index is 477. The Morgan fingerprint density at radius 2 is 1.90 bits per heavy atom. The van der Waals surface area contributed by atoms with Crippen molar-refractivity contribution in [2.45, 2.75) is 32.3 Å². The third-order valence-electron chi connectivity index (χ3n) is 4.14. The summed E-state index contributed by atoms with van der Waals surface area (Å²) in [6.45, 7) is 7.01. The van der Waals surface area contributed by atoms with E-state index < -0.39 is 0 Å². The third kappa shape index (κ3) is 3.63. The highest BCUT2D eigenvalue weighted by atomic mass is 16.5. The Morgan fingerprint density at radius 3 is 2.71 bits per heavy atom. The molecule has 116 valence electrons. The van der Waals surface area contributed by atoms with Gasteiger partial charge in [0, 0.05) is 37.9 Å². The molecule has 2 aliphatic rings. The van der Waals surface area contributed by atoms with Gasteiger partial charge in [0.25, 0.3) is 0 Å². The van der Waals surface area contributed by atoms with Crippen molar-refractivity contribution in [3.8, 4) is 0 Å². The molecule has 3 heterocycles. The number of rotatable bonds is 2. The SMILES string of the molecule is Cc1cc(N2CCC[C@H](O)CC2)nc(N2CCOCC2)n1. The summed E-state index contributed by atoms with van der Waals surface area (Å²) in [7, 11) is 0. The maximum absolute atomic E-state index is 9.79. The lowest BCUT2D eigenvalue weighted by Crippen LogP contribution is -2.38. The lowest BCUT2D eigenvalue weighted by atomic mass is 10.2. The average Bonchev–Trinajstić information content (AvgIpc) is 2.72. The van der Waals surface area contributed by atoms with Crippen LogP contribution in [0.2, 0.25) is 0 Å². The molecule has 0 aromatic carbocycles. The number of aromatic nitrogens is 2. The molecular weight excluding hydrogens is 268 g/mol. The van der Waals surface area contributed by atoms with E-state index in [0.717, 1.165) is 76.1 Å². The Hall–Kier alpha value is -1.40. The van der Waals surface area contributed by atoms with Gasteiger partial charge in [-0.2, -0.15) is 4.98 Å². The van der Waals surface area contributed by atoms with Crippen LogP contribution in [0.4, 0.5) is 11.8 Å². The predicted molar refractivity (Wildman–Crippen MR) is 81.9 cm³/mol. The summed E-state index contributed by atoms with van der Waals surface area (Å²) in [5.41, 5.74) is 0.992. The molecule has 0 bridgehead atoms. The highest BCUT2D eigenvalue weighted by Crippen LogP contribution is 2.21. The number of nitrogens with zero attached hydrogens (tertiary/aromatic N) is 4. The standard InChI is InChI=1S/C15H24N4O2/c1-12-11-14(18-5-2-3-13(20)4-6-18)17-15(16-12)19-7-9-21-10-8-19/h11,13,20H,2-10H2,1H3/t13-/m0/s1. The van der Waals surface area contributed by atoms with Crippen LogP contribution < -0.4 is 9.80 Å². The molecule has 3 rings (SSSR count). The second-order valence-electron chi connectivity index (χ2n) is 5.84. The zero-order chi connectivity index (χ0) is 14.7. The fourth-order valence-corrected chi connectivity index (χ4v) is 2.91. The molecule has 2 saturated heterocycles. The number of anilines is 2. The maximum Gasteiger partial charge on any atom is 0.227 e. The molecule has 2 aliphatic heterocycles. The molecule has 1 atom stereocenters. The summed E-state index contributed by atoms with van der Waals surface area (Å²) in [4.78, 5) is 13.8. The molecule has 2 fully saturated rings. The molecule has 0 amide bonds. The quantitative estimate of drug-likeness (QED) is 0.876. The van der Waals surface area contributed by atoms with Crippen molar-refractivity contribution in [2.24, 2.45) is 0 Å². The number of hydrogen-bond donors (Lipinski definition) is 1. The van der Waals surface area contributed by atoms with E-state index in [2.05, 4.69) is 14.8 Å².